The predicted octanol–water partition coefficient (Wildman–Crippen LogP) is 4.18. The first kappa shape index (κ1) is 16.7. The molecule has 4 aromatic rings. The van der Waals surface area contributed by atoms with Crippen molar-refractivity contribution >= 4 is 22.9 Å². The molecular weight excluding hydrogens is 338 g/mol. The van der Waals surface area contributed by atoms with Gasteiger partial charge in [-0.1, -0.05) is 36.4 Å². The van der Waals surface area contributed by atoms with Crippen LogP contribution in [-0.4, -0.2) is 20.7 Å². The van der Waals surface area contributed by atoms with Crippen molar-refractivity contribution in [2.24, 2.45) is 0 Å². The molecule has 0 amide bonds. The number of hydrogen-bond acceptors (Lipinski definition) is 4. The molecule has 4 rings (SSSR count). The van der Waals surface area contributed by atoms with Gasteiger partial charge in [0.2, 0.25) is 0 Å². The summed E-state index contributed by atoms with van der Waals surface area (Å²) in [7, 11) is 0. The van der Waals surface area contributed by atoms with E-state index in [4.69, 9.17) is 4.74 Å². The summed E-state index contributed by atoms with van der Waals surface area (Å²) in [6, 6.07) is 21.3. The van der Waals surface area contributed by atoms with Gasteiger partial charge < -0.3 is 4.74 Å². The summed E-state index contributed by atoms with van der Waals surface area (Å²) in [6.07, 6.45) is 6.66. The lowest BCUT2D eigenvalue weighted by Crippen LogP contribution is -2.01. The molecule has 5 heteroatoms. The molecule has 2 aromatic heterocycles. The van der Waals surface area contributed by atoms with Crippen LogP contribution in [0.15, 0.2) is 85.2 Å². The highest BCUT2D eigenvalue weighted by Crippen LogP contribution is 2.13. The number of nitrogens with zero attached hydrogens (tertiary/aromatic N) is 3. The Morgan fingerprint density at radius 1 is 1.00 bits per heavy atom. The van der Waals surface area contributed by atoms with Crippen molar-refractivity contribution in [2.45, 2.75) is 6.61 Å². The highest BCUT2D eigenvalue weighted by Gasteiger charge is 2.02. The minimum absolute atomic E-state index is 0.216. The Bertz CT molecular complexity index is 1080. The largest absolute Gasteiger partial charge is 0.458 e. The van der Waals surface area contributed by atoms with Crippen molar-refractivity contribution in [3.63, 3.8) is 0 Å². The number of aromatic nitrogens is 3. The van der Waals surface area contributed by atoms with Gasteiger partial charge in [0.15, 0.2) is 0 Å². The van der Waals surface area contributed by atoms with E-state index >= 15 is 0 Å². The second kappa shape index (κ2) is 7.66. The average Bonchev–Trinajstić information content (AvgIpc) is 3.26. The standard InChI is InChI=1S/C22H17N3O2/c26-22(13-10-19-9-8-18-4-1-2-5-21(18)24-19)27-16-17-6-11-20(12-7-17)25-15-3-14-23-25/h1-15H,16H2/b13-10+. The number of ether oxygens (including phenoxy) is 1. The Kier molecular flexibility index (Phi) is 4.74. The molecule has 0 N–H and O–H groups in total. The molecule has 0 unspecified atom stereocenters. The maximum atomic E-state index is 12.0. The number of para-hydroxylation sites is 1. The number of rotatable bonds is 5. The van der Waals surface area contributed by atoms with Crippen LogP contribution in [0.1, 0.15) is 11.3 Å². The molecule has 5 nitrogen and oxygen atoms in total. The van der Waals surface area contributed by atoms with E-state index in [1.54, 1.807) is 17.0 Å². The van der Waals surface area contributed by atoms with Crippen LogP contribution in [0.5, 0.6) is 0 Å². The van der Waals surface area contributed by atoms with E-state index in [0.29, 0.717) is 5.69 Å². The zero-order valence-electron chi connectivity index (χ0n) is 14.5. The highest BCUT2D eigenvalue weighted by molar-refractivity contribution is 5.87. The van der Waals surface area contributed by atoms with Crippen molar-refractivity contribution in [3.05, 3.63) is 96.5 Å². The first-order valence-electron chi connectivity index (χ1n) is 8.57. The summed E-state index contributed by atoms with van der Waals surface area (Å²) in [4.78, 5) is 16.5. The van der Waals surface area contributed by atoms with Crippen LogP contribution in [0.4, 0.5) is 0 Å². The van der Waals surface area contributed by atoms with Gasteiger partial charge in [-0.05, 0) is 42.0 Å². The Hall–Kier alpha value is -3.73. The molecule has 0 spiro atoms. The second-order valence-corrected chi connectivity index (χ2v) is 5.99. The Labute approximate surface area is 156 Å². The van der Waals surface area contributed by atoms with Crippen LogP contribution in [0.2, 0.25) is 0 Å². The quantitative estimate of drug-likeness (QED) is 0.398. The minimum Gasteiger partial charge on any atom is -0.458 e. The average molecular weight is 355 g/mol. The first-order chi connectivity index (χ1) is 13.3. The normalized spacial score (nSPS) is 11.1. The predicted molar refractivity (Wildman–Crippen MR) is 104 cm³/mol. The SMILES string of the molecule is O=C(/C=C/c1ccc2ccccc2n1)OCc1ccc(-n2cccn2)cc1. The molecule has 2 aromatic carbocycles. The molecule has 0 fully saturated rings. The van der Waals surface area contributed by atoms with E-state index in [9.17, 15) is 4.79 Å². The lowest BCUT2D eigenvalue weighted by atomic mass is 10.2. The molecule has 0 saturated heterocycles. The number of pyridine rings is 1. The molecule has 0 aliphatic carbocycles. The maximum Gasteiger partial charge on any atom is 0.331 e. The maximum absolute atomic E-state index is 12.0. The summed E-state index contributed by atoms with van der Waals surface area (Å²) in [5, 5.41) is 5.24. The molecule has 0 radical (unpaired) electrons. The Balaban J connectivity index is 1.35. The van der Waals surface area contributed by atoms with Gasteiger partial charge in [-0.15, -0.1) is 0 Å². The van der Waals surface area contributed by atoms with Gasteiger partial charge in [0.1, 0.15) is 6.61 Å². The van der Waals surface area contributed by atoms with E-state index in [-0.39, 0.29) is 6.61 Å². The van der Waals surface area contributed by atoms with Crippen molar-refractivity contribution in [1.29, 1.82) is 0 Å². The Morgan fingerprint density at radius 2 is 1.85 bits per heavy atom. The van der Waals surface area contributed by atoms with E-state index in [1.165, 1.54) is 6.08 Å². The van der Waals surface area contributed by atoms with Gasteiger partial charge in [0.05, 0.1) is 16.9 Å². The fourth-order valence-electron chi connectivity index (χ4n) is 2.70. The van der Waals surface area contributed by atoms with Crippen molar-refractivity contribution in [2.75, 3.05) is 0 Å². The van der Waals surface area contributed by atoms with E-state index < -0.39 is 5.97 Å². The third-order valence-electron chi connectivity index (χ3n) is 4.10. The summed E-state index contributed by atoms with van der Waals surface area (Å²) >= 11 is 0. The van der Waals surface area contributed by atoms with Gasteiger partial charge in [-0.25, -0.2) is 14.5 Å². The van der Waals surface area contributed by atoms with Crippen LogP contribution < -0.4 is 0 Å². The minimum atomic E-state index is -0.402. The van der Waals surface area contributed by atoms with Gasteiger partial charge in [0, 0.05) is 23.9 Å². The molecule has 2 heterocycles. The number of benzene rings is 2. The molecule has 0 bridgehead atoms. The number of fused-ring (bicyclic) bond motifs is 1. The number of esters is 1. The lowest BCUT2D eigenvalue weighted by molar-refractivity contribution is -0.138. The van der Waals surface area contributed by atoms with Crippen molar-refractivity contribution in [1.82, 2.24) is 14.8 Å². The summed E-state index contributed by atoms with van der Waals surface area (Å²) < 4.78 is 7.06. The van der Waals surface area contributed by atoms with Crippen molar-refractivity contribution < 1.29 is 9.53 Å². The van der Waals surface area contributed by atoms with Crippen LogP contribution in [0.25, 0.3) is 22.7 Å². The van der Waals surface area contributed by atoms with Crippen LogP contribution >= 0.6 is 0 Å². The van der Waals surface area contributed by atoms with E-state index in [0.717, 1.165) is 22.2 Å². The molecule has 0 saturated carbocycles. The summed E-state index contributed by atoms with van der Waals surface area (Å²) in [5.41, 5.74) is 3.48. The third-order valence-corrected chi connectivity index (χ3v) is 4.10. The smallest absolute Gasteiger partial charge is 0.331 e. The molecule has 0 aliphatic rings. The van der Waals surface area contributed by atoms with Gasteiger partial charge in [-0.2, -0.15) is 5.10 Å². The summed E-state index contributed by atoms with van der Waals surface area (Å²) in [5.74, 6) is -0.402. The number of carbonyl (C=O) groups is 1. The zero-order valence-corrected chi connectivity index (χ0v) is 14.5. The first-order valence-corrected chi connectivity index (χ1v) is 8.57. The number of carbonyl (C=O) groups excluding carboxylic acids is 1. The highest BCUT2D eigenvalue weighted by atomic mass is 16.5. The molecule has 132 valence electrons. The number of hydrogen-bond donors (Lipinski definition) is 0. The molecular formula is C22H17N3O2. The van der Waals surface area contributed by atoms with Crippen LogP contribution in [0.3, 0.4) is 0 Å². The third kappa shape index (κ3) is 4.10. The van der Waals surface area contributed by atoms with Gasteiger partial charge in [-0.3, -0.25) is 0 Å². The summed E-state index contributed by atoms with van der Waals surface area (Å²) in [6.45, 7) is 0.216. The van der Waals surface area contributed by atoms with Crippen molar-refractivity contribution in [3.8, 4) is 5.69 Å². The second-order valence-electron chi connectivity index (χ2n) is 5.99. The zero-order chi connectivity index (χ0) is 18.5. The molecule has 0 atom stereocenters. The van der Waals surface area contributed by atoms with E-state index in [2.05, 4.69) is 10.1 Å². The fourth-order valence-corrected chi connectivity index (χ4v) is 2.70. The van der Waals surface area contributed by atoms with Crippen LogP contribution in [0, 0.1) is 0 Å². The van der Waals surface area contributed by atoms with Gasteiger partial charge in [0.25, 0.3) is 0 Å². The lowest BCUT2D eigenvalue weighted by Gasteiger charge is -2.05. The van der Waals surface area contributed by atoms with Crippen LogP contribution in [-0.2, 0) is 16.1 Å². The topological polar surface area (TPSA) is 57.0 Å². The monoisotopic (exact) mass is 355 g/mol. The Morgan fingerprint density at radius 3 is 2.67 bits per heavy atom. The van der Waals surface area contributed by atoms with Gasteiger partial charge >= 0.3 is 5.97 Å². The fraction of sp³-hybridized carbons (Fsp3) is 0.0455. The molecule has 27 heavy (non-hydrogen) atoms. The van der Waals surface area contributed by atoms with E-state index in [1.807, 2.05) is 72.9 Å². The molecule has 0 aliphatic heterocycles.